The maximum atomic E-state index is 11.6. The third kappa shape index (κ3) is 2.57. The van der Waals surface area contributed by atoms with Crippen molar-refractivity contribution in [3.8, 4) is 0 Å². The molecule has 3 heteroatoms. The molecule has 0 aliphatic heterocycles. The van der Waals surface area contributed by atoms with Gasteiger partial charge in [-0.3, -0.25) is 0 Å². The van der Waals surface area contributed by atoms with Crippen molar-refractivity contribution in [1.82, 2.24) is 4.90 Å². The summed E-state index contributed by atoms with van der Waals surface area (Å²) >= 11 is 0. The number of carbonyl (C=O) groups excluding carboxylic acids is 1. The van der Waals surface area contributed by atoms with Crippen LogP contribution in [0.5, 0.6) is 0 Å². The summed E-state index contributed by atoms with van der Waals surface area (Å²) in [5.74, 6) is 0.797. The van der Waals surface area contributed by atoms with Gasteiger partial charge in [-0.1, -0.05) is 31.8 Å². The first-order chi connectivity index (χ1) is 7.72. The molecule has 0 aromatic rings. The van der Waals surface area contributed by atoms with Crippen LogP contribution in [-0.2, 0) is 0 Å². The van der Waals surface area contributed by atoms with Crippen LogP contribution in [0.4, 0.5) is 4.79 Å². The topological polar surface area (TPSA) is 46.3 Å². The molecule has 0 saturated heterocycles. The van der Waals surface area contributed by atoms with Crippen LogP contribution in [0.25, 0.3) is 0 Å². The molecule has 0 aromatic carbocycles. The van der Waals surface area contributed by atoms with E-state index in [0.717, 1.165) is 25.2 Å². The number of amides is 2. The summed E-state index contributed by atoms with van der Waals surface area (Å²) in [6.07, 6.45) is 10.2. The second-order valence-corrected chi connectivity index (χ2v) is 5.17. The van der Waals surface area contributed by atoms with Crippen LogP contribution in [0.3, 0.4) is 0 Å². The smallest absolute Gasteiger partial charge is 0.315 e. The Morgan fingerprint density at radius 1 is 1.38 bits per heavy atom. The van der Waals surface area contributed by atoms with E-state index in [1.165, 1.54) is 25.7 Å². The highest BCUT2D eigenvalue weighted by atomic mass is 16.2. The first-order valence-electron chi connectivity index (χ1n) is 6.42. The van der Waals surface area contributed by atoms with Crippen molar-refractivity contribution in [3.63, 3.8) is 0 Å². The van der Waals surface area contributed by atoms with E-state index in [9.17, 15) is 4.79 Å². The van der Waals surface area contributed by atoms with Gasteiger partial charge in [0.25, 0.3) is 0 Å². The van der Waals surface area contributed by atoms with Crippen LogP contribution in [0, 0.1) is 5.92 Å². The maximum Gasteiger partial charge on any atom is 0.315 e. The van der Waals surface area contributed by atoms with Crippen LogP contribution < -0.4 is 5.73 Å². The van der Waals surface area contributed by atoms with Crippen LogP contribution in [-0.4, -0.2) is 23.0 Å². The number of hydrogen-bond acceptors (Lipinski definition) is 1. The third-order valence-electron chi connectivity index (χ3n) is 3.87. The van der Waals surface area contributed by atoms with Crippen LogP contribution >= 0.6 is 0 Å². The Hall–Kier alpha value is -0.990. The number of hydrogen-bond donors (Lipinski definition) is 1. The lowest BCUT2D eigenvalue weighted by Gasteiger charge is -2.33. The normalized spacial score (nSPS) is 23.0. The molecule has 0 aromatic heterocycles. The molecule has 2 N–H and O–H groups in total. The van der Waals surface area contributed by atoms with Crippen LogP contribution in [0.1, 0.15) is 44.9 Å². The second kappa shape index (κ2) is 4.89. The summed E-state index contributed by atoms with van der Waals surface area (Å²) in [7, 11) is 0. The van der Waals surface area contributed by atoms with Gasteiger partial charge in [0.2, 0.25) is 0 Å². The summed E-state index contributed by atoms with van der Waals surface area (Å²) in [6, 6.07) is 0.254. The monoisotopic (exact) mass is 222 g/mol. The third-order valence-corrected chi connectivity index (χ3v) is 3.87. The van der Waals surface area contributed by atoms with Gasteiger partial charge in [0.05, 0.1) is 6.04 Å². The molecule has 1 atom stereocenters. The fraction of sp³-hybridized carbons (Fsp3) is 0.769. The summed E-state index contributed by atoms with van der Waals surface area (Å²) in [4.78, 5) is 13.5. The van der Waals surface area contributed by atoms with E-state index in [-0.39, 0.29) is 12.1 Å². The molecule has 0 spiro atoms. The minimum atomic E-state index is -0.266. The van der Waals surface area contributed by atoms with Gasteiger partial charge >= 0.3 is 6.03 Å². The lowest BCUT2D eigenvalue weighted by atomic mass is 10.1. The zero-order chi connectivity index (χ0) is 11.5. The van der Waals surface area contributed by atoms with Crippen molar-refractivity contribution in [2.45, 2.75) is 57.0 Å². The summed E-state index contributed by atoms with van der Waals surface area (Å²) in [5, 5.41) is 0. The van der Waals surface area contributed by atoms with E-state index < -0.39 is 0 Å². The number of rotatable bonds is 5. The average Bonchev–Trinajstić information content (AvgIpc) is 2.90. The lowest BCUT2D eigenvalue weighted by molar-refractivity contribution is 0.161. The Balaban J connectivity index is 2.02. The molecule has 1 unspecified atom stereocenters. The number of carbonyl (C=O) groups is 1. The molecule has 0 radical (unpaired) electrons. The largest absolute Gasteiger partial charge is 0.351 e. The molecule has 2 amide bonds. The fourth-order valence-corrected chi connectivity index (χ4v) is 2.82. The number of urea groups is 1. The predicted molar refractivity (Wildman–Crippen MR) is 65.0 cm³/mol. The first-order valence-corrected chi connectivity index (χ1v) is 6.42. The fourth-order valence-electron chi connectivity index (χ4n) is 2.82. The molecule has 2 aliphatic rings. The van der Waals surface area contributed by atoms with E-state index in [0.29, 0.717) is 6.04 Å². The maximum absolute atomic E-state index is 11.6. The van der Waals surface area contributed by atoms with Gasteiger partial charge in [0.1, 0.15) is 0 Å². The Kier molecular flexibility index (Phi) is 3.52. The van der Waals surface area contributed by atoms with Crippen molar-refractivity contribution < 1.29 is 4.79 Å². The van der Waals surface area contributed by atoms with Gasteiger partial charge in [-0.05, 0) is 25.2 Å². The molecule has 2 fully saturated rings. The van der Waals surface area contributed by atoms with E-state index in [4.69, 9.17) is 5.73 Å². The van der Waals surface area contributed by atoms with Crippen molar-refractivity contribution in [3.05, 3.63) is 12.7 Å². The average molecular weight is 222 g/mol. The van der Waals surface area contributed by atoms with Gasteiger partial charge in [-0.15, -0.1) is 6.58 Å². The van der Waals surface area contributed by atoms with Gasteiger partial charge in [-0.25, -0.2) is 4.79 Å². The van der Waals surface area contributed by atoms with Crippen LogP contribution in [0.15, 0.2) is 12.7 Å². The standard InChI is InChI=1S/C13H22N2O/c1-2-11(9-10-7-8-10)15(13(14)16)12-5-3-4-6-12/h2,10-12H,1,3-9H2,(H2,14,16). The van der Waals surface area contributed by atoms with E-state index in [1.54, 1.807) is 0 Å². The molecule has 0 bridgehead atoms. The van der Waals surface area contributed by atoms with Crippen LogP contribution in [0.2, 0.25) is 0 Å². The Morgan fingerprint density at radius 2 is 2.00 bits per heavy atom. The Bertz CT molecular complexity index is 267. The van der Waals surface area contributed by atoms with Crippen molar-refractivity contribution in [2.75, 3.05) is 0 Å². The molecule has 0 heterocycles. The molecular formula is C13H22N2O. The Morgan fingerprint density at radius 3 is 2.44 bits per heavy atom. The molecule has 2 rings (SSSR count). The quantitative estimate of drug-likeness (QED) is 0.714. The van der Waals surface area contributed by atoms with E-state index >= 15 is 0 Å². The number of nitrogens with zero attached hydrogens (tertiary/aromatic N) is 1. The summed E-state index contributed by atoms with van der Waals surface area (Å²) < 4.78 is 0. The zero-order valence-corrected chi connectivity index (χ0v) is 9.90. The highest BCUT2D eigenvalue weighted by Gasteiger charge is 2.33. The Labute approximate surface area is 97.7 Å². The first kappa shape index (κ1) is 11.5. The van der Waals surface area contributed by atoms with Crippen molar-refractivity contribution in [2.24, 2.45) is 11.7 Å². The molecule has 90 valence electrons. The summed E-state index contributed by atoms with van der Waals surface area (Å²) in [5.41, 5.74) is 5.53. The molecule has 16 heavy (non-hydrogen) atoms. The van der Waals surface area contributed by atoms with Gasteiger partial charge in [-0.2, -0.15) is 0 Å². The molecule has 2 aliphatic carbocycles. The highest BCUT2D eigenvalue weighted by molar-refractivity contribution is 5.73. The van der Waals surface area contributed by atoms with Gasteiger partial charge < -0.3 is 10.6 Å². The minimum Gasteiger partial charge on any atom is -0.351 e. The zero-order valence-electron chi connectivity index (χ0n) is 9.90. The minimum absolute atomic E-state index is 0.160. The van der Waals surface area contributed by atoms with Crippen molar-refractivity contribution >= 4 is 6.03 Å². The number of primary amides is 1. The summed E-state index contributed by atoms with van der Waals surface area (Å²) in [6.45, 7) is 3.87. The second-order valence-electron chi connectivity index (χ2n) is 5.17. The lowest BCUT2D eigenvalue weighted by Crippen LogP contribution is -2.48. The SMILES string of the molecule is C=CC(CC1CC1)N(C(N)=O)C1CCCC1. The molecular weight excluding hydrogens is 200 g/mol. The van der Waals surface area contributed by atoms with E-state index in [1.807, 2.05) is 11.0 Å². The highest BCUT2D eigenvalue weighted by Crippen LogP contribution is 2.36. The molecule has 3 nitrogen and oxygen atoms in total. The predicted octanol–water partition coefficient (Wildman–Crippen LogP) is 2.66. The van der Waals surface area contributed by atoms with E-state index in [2.05, 4.69) is 6.58 Å². The van der Waals surface area contributed by atoms with Gasteiger partial charge in [0.15, 0.2) is 0 Å². The number of nitrogens with two attached hydrogens (primary N) is 1. The molecule has 2 saturated carbocycles. The van der Waals surface area contributed by atoms with Crippen molar-refractivity contribution in [1.29, 1.82) is 0 Å². The van der Waals surface area contributed by atoms with Gasteiger partial charge in [0, 0.05) is 6.04 Å².